The number of piperazine rings is 1. The molecule has 0 spiro atoms. The molecular formula is C15H28Cl2N4O2. The molecule has 8 heteroatoms. The van der Waals surface area contributed by atoms with Gasteiger partial charge in [-0.3, -0.25) is 9.69 Å². The summed E-state index contributed by atoms with van der Waals surface area (Å²) < 4.78 is 5.23. The van der Waals surface area contributed by atoms with E-state index in [9.17, 15) is 4.79 Å². The van der Waals surface area contributed by atoms with Gasteiger partial charge in [0.2, 0.25) is 5.91 Å². The molecule has 1 amide bonds. The van der Waals surface area contributed by atoms with Crippen molar-refractivity contribution in [1.29, 1.82) is 0 Å². The van der Waals surface area contributed by atoms with Gasteiger partial charge in [-0.25, -0.2) is 0 Å². The Morgan fingerprint density at radius 3 is 2.39 bits per heavy atom. The van der Waals surface area contributed by atoms with Gasteiger partial charge in [-0.05, 0) is 19.3 Å². The van der Waals surface area contributed by atoms with Crippen LogP contribution in [-0.4, -0.2) is 53.1 Å². The summed E-state index contributed by atoms with van der Waals surface area (Å²) in [4.78, 5) is 16.4. The number of carbonyl (C=O) groups excluding carboxylic acids is 1. The summed E-state index contributed by atoms with van der Waals surface area (Å²) in [6, 6.07) is 1.59. The highest BCUT2D eigenvalue weighted by Gasteiger charge is 2.26. The van der Waals surface area contributed by atoms with E-state index in [-0.39, 0.29) is 36.8 Å². The Morgan fingerprint density at radius 2 is 1.91 bits per heavy atom. The third-order valence-corrected chi connectivity index (χ3v) is 3.78. The second kappa shape index (κ2) is 10.1. The van der Waals surface area contributed by atoms with Gasteiger partial charge in [0.15, 0.2) is 5.76 Å². The third-order valence-electron chi connectivity index (χ3n) is 3.78. The van der Waals surface area contributed by atoms with Crippen LogP contribution in [0.3, 0.4) is 0 Å². The first kappa shape index (κ1) is 22.2. The fourth-order valence-electron chi connectivity index (χ4n) is 2.68. The maximum absolute atomic E-state index is 12.3. The summed E-state index contributed by atoms with van der Waals surface area (Å²) in [6.07, 6.45) is 0.746. The number of nitrogens with two attached hydrogens (primary N) is 1. The van der Waals surface area contributed by atoms with E-state index in [4.69, 9.17) is 10.3 Å². The van der Waals surface area contributed by atoms with E-state index in [0.717, 1.165) is 50.6 Å². The van der Waals surface area contributed by atoms with Gasteiger partial charge in [0.1, 0.15) is 0 Å². The zero-order valence-corrected chi connectivity index (χ0v) is 15.7. The number of nitrogens with zero attached hydrogens (tertiary/aromatic N) is 3. The van der Waals surface area contributed by atoms with Crippen molar-refractivity contribution in [3.05, 3.63) is 17.5 Å². The van der Waals surface area contributed by atoms with Crippen molar-refractivity contribution < 1.29 is 9.32 Å². The Balaban J connectivity index is 0.00000242. The van der Waals surface area contributed by atoms with Gasteiger partial charge >= 0.3 is 0 Å². The lowest BCUT2D eigenvalue weighted by Gasteiger charge is -2.35. The summed E-state index contributed by atoms with van der Waals surface area (Å²) in [5.41, 5.74) is 6.88. The summed E-state index contributed by atoms with van der Waals surface area (Å²) in [5, 5.41) is 3.89. The molecule has 0 unspecified atom stereocenters. The van der Waals surface area contributed by atoms with E-state index >= 15 is 0 Å². The minimum Gasteiger partial charge on any atom is -0.360 e. The molecular weight excluding hydrogens is 339 g/mol. The summed E-state index contributed by atoms with van der Waals surface area (Å²) in [6.45, 7) is 10.0. The molecule has 0 aliphatic carbocycles. The average Bonchev–Trinajstić information content (AvgIpc) is 2.83. The quantitative estimate of drug-likeness (QED) is 0.860. The molecule has 1 aromatic heterocycles. The Morgan fingerprint density at radius 1 is 1.30 bits per heavy atom. The largest absolute Gasteiger partial charge is 0.360 e. The van der Waals surface area contributed by atoms with Crippen LogP contribution < -0.4 is 5.73 Å². The van der Waals surface area contributed by atoms with Crippen molar-refractivity contribution in [1.82, 2.24) is 15.0 Å². The van der Waals surface area contributed by atoms with Crippen LogP contribution in [0.5, 0.6) is 0 Å². The first-order chi connectivity index (χ1) is 9.95. The van der Waals surface area contributed by atoms with Crippen LogP contribution >= 0.6 is 24.8 Å². The van der Waals surface area contributed by atoms with E-state index in [1.165, 1.54) is 0 Å². The van der Waals surface area contributed by atoms with E-state index in [1.807, 2.05) is 17.9 Å². The molecule has 0 bridgehead atoms. The van der Waals surface area contributed by atoms with Gasteiger partial charge in [0.05, 0.1) is 18.3 Å². The lowest BCUT2D eigenvalue weighted by atomic mass is 10.0. The minimum atomic E-state index is -0.367. The fourth-order valence-corrected chi connectivity index (χ4v) is 2.68. The van der Waals surface area contributed by atoms with E-state index < -0.39 is 0 Å². The van der Waals surface area contributed by atoms with E-state index in [1.54, 1.807) is 0 Å². The second-order valence-corrected chi connectivity index (χ2v) is 6.27. The van der Waals surface area contributed by atoms with Crippen LogP contribution in [-0.2, 0) is 11.3 Å². The van der Waals surface area contributed by atoms with Crippen LogP contribution in [0.2, 0.25) is 0 Å². The number of amides is 1. The van der Waals surface area contributed by atoms with Crippen LogP contribution in [0.25, 0.3) is 0 Å². The highest BCUT2D eigenvalue weighted by atomic mass is 35.5. The predicted octanol–water partition coefficient (Wildman–Crippen LogP) is 1.84. The Bertz CT molecular complexity index is 474. The van der Waals surface area contributed by atoms with Crippen LogP contribution in [0.1, 0.15) is 31.7 Å². The molecule has 0 aromatic carbocycles. The van der Waals surface area contributed by atoms with Crippen LogP contribution in [0.4, 0.5) is 0 Å². The summed E-state index contributed by atoms with van der Waals surface area (Å²) in [5.74, 6) is 1.41. The number of halogens is 2. The maximum atomic E-state index is 12.3. The molecule has 23 heavy (non-hydrogen) atoms. The zero-order chi connectivity index (χ0) is 15.4. The number of aryl methyl sites for hydroxylation is 1. The number of carbonyl (C=O) groups is 1. The van der Waals surface area contributed by atoms with Crippen molar-refractivity contribution in [3.8, 4) is 0 Å². The summed E-state index contributed by atoms with van der Waals surface area (Å²) >= 11 is 0. The summed E-state index contributed by atoms with van der Waals surface area (Å²) in [7, 11) is 0. The first-order valence-corrected chi connectivity index (χ1v) is 7.64. The SMILES string of the molecule is Cc1cc(CN2CCN(C(=O)[C@@H](N)CC(C)C)CC2)on1.Cl.Cl. The molecule has 2 rings (SSSR count). The molecule has 2 N–H and O–H groups in total. The lowest BCUT2D eigenvalue weighted by Crippen LogP contribution is -2.53. The topological polar surface area (TPSA) is 75.6 Å². The molecule has 1 saturated heterocycles. The fraction of sp³-hybridized carbons (Fsp3) is 0.733. The Labute approximate surface area is 150 Å². The number of rotatable bonds is 5. The predicted molar refractivity (Wildman–Crippen MR) is 95.0 cm³/mol. The molecule has 1 aliphatic rings. The molecule has 134 valence electrons. The number of hydrogen-bond acceptors (Lipinski definition) is 5. The smallest absolute Gasteiger partial charge is 0.239 e. The molecule has 1 aromatic rings. The second-order valence-electron chi connectivity index (χ2n) is 6.27. The molecule has 6 nitrogen and oxygen atoms in total. The standard InChI is InChI=1S/C15H26N4O2.2ClH/c1-11(2)8-14(16)15(20)19-6-4-18(5-7-19)10-13-9-12(3)17-21-13;;/h9,11,14H,4-8,10,16H2,1-3H3;2*1H/t14-;;/m0../s1. The van der Waals surface area contributed by atoms with Crippen molar-refractivity contribution >= 4 is 30.7 Å². The van der Waals surface area contributed by atoms with Crippen LogP contribution in [0, 0.1) is 12.8 Å². The van der Waals surface area contributed by atoms with Crippen LogP contribution in [0.15, 0.2) is 10.6 Å². The Kier molecular flexibility index (Phi) is 9.77. The number of aromatic nitrogens is 1. The highest BCUT2D eigenvalue weighted by Crippen LogP contribution is 2.12. The van der Waals surface area contributed by atoms with Crippen molar-refractivity contribution in [2.24, 2.45) is 11.7 Å². The lowest BCUT2D eigenvalue weighted by molar-refractivity contribution is -0.134. The van der Waals surface area contributed by atoms with E-state index in [2.05, 4.69) is 23.9 Å². The van der Waals surface area contributed by atoms with Gasteiger partial charge in [0, 0.05) is 32.2 Å². The minimum absolute atomic E-state index is 0. The Hall–Kier alpha value is -0.820. The van der Waals surface area contributed by atoms with Crippen molar-refractivity contribution in [3.63, 3.8) is 0 Å². The first-order valence-electron chi connectivity index (χ1n) is 7.64. The molecule has 1 fully saturated rings. The van der Waals surface area contributed by atoms with E-state index in [0.29, 0.717) is 5.92 Å². The number of hydrogen-bond donors (Lipinski definition) is 1. The molecule has 0 radical (unpaired) electrons. The highest BCUT2D eigenvalue weighted by molar-refractivity contribution is 5.85. The van der Waals surface area contributed by atoms with Gasteiger partial charge in [-0.15, -0.1) is 24.8 Å². The molecule has 0 saturated carbocycles. The maximum Gasteiger partial charge on any atom is 0.239 e. The molecule has 1 aliphatic heterocycles. The normalized spacial score (nSPS) is 16.7. The van der Waals surface area contributed by atoms with Gasteiger partial charge in [-0.2, -0.15) is 0 Å². The van der Waals surface area contributed by atoms with Gasteiger partial charge < -0.3 is 15.2 Å². The average molecular weight is 367 g/mol. The third kappa shape index (κ3) is 6.67. The van der Waals surface area contributed by atoms with Gasteiger partial charge in [-0.1, -0.05) is 19.0 Å². The monoisotopic (exact) mass is 366 g/mol. The van der Waals surface area contributed by atoms with Crippen molar-refractivity contribution in [2.45, 2.75) is 39.8 Å². The van der Waals surface area contributed by atoms with Crippen molar-refractivity contribution in [2.75, 3.05) is 26.2 Å². The molecule has 2 heterocycles. The molecule has 1 atom stereocenters. The zero-order valence-electron chi connectivity index (χ0n) is 14.0. The van der Waals surface area contributed by atoms with Gasteiger partial charge in [0.25, 0.3) is 0 Å².